The number of carbonyl (C=O) groups is 1. The Morgan fingerprint density at radius 1 is 0.933 bits per heavy atom. The summed E-state index contributed by atoms with van der Waals surface area (Å²) >= 11 is 0. The molecule has 2 aliphatic rings. The summed E-state index contributed by atoms with van der Waals surface area (Å²) in [7, 11) is 0. The second kappa shape index (κ2) is 10.2. The van der Waals surface area contributed by atoms with Gasteiger partial charge in [-0.25, -0.2) is 0 Å². The van der Waals surface area contributed by atoms with Crippen LogP contribution in [0.3, 0.4) is 0 Å². The molecule has 160 valence electrons. The number of hydrogen-bond donors (Lipinski definition) is 0. The van der Waals surface area contributed by atoms with Crippen LogP contribution in [-0.4, -0.2) is 47.5 Å². The lowest BCUT2D eigenvalue weighted by molar-refractivity contribution is -0.155. The normalized spacial score (nSPS) is 24.4. The van der Waals surface area contributed by atoms with E-state index in [2.05, 4.69) is 70.5 Å². The van der Waals surface area contributed by atoms with Gasteiger partial charge >= 0.3 is 5.97 Å². The van der Waals surface area contributed by atoms with E-state index in [9.17, 15) is 4.79 Å². The molecule has 3 atom stereocenters. The maximum Gasteiger partial charge on any atom is 0.310 e. The van der Waals surface area contributed by atoms with Crippen LogP contribution in [0.15, 0.2) is 60.7 Å². The standard InChI is InChI=1S/C26H34N2O2/c1-2-30-26(29)23-15-9-17-27-18-10-16-24(25(23)27)28(19-21-11-5-3-6-12-21)20-22-13-7-4-8-14-22/h3-8,11-14,23-25H,2,9-10,15-20H2,1H3/t23-,24+,25-/m1/s1. The predicted molar refractivity (Wildman–Crippen MR) is 120 cm³/mol. The number of piperidine rings is 2. The summed E-state index contributed by atoms with van der Waals surface area (Å²) in [4.78, 5) is 18.1. The third-order valence-electron chi connectivity index (χ3n) is 6.65. The Balaban J connectivity index is 1.63. The van der Waals surface area contributed by atoms with Gasteiger partial charge in [-0.15, -0.1) is 0 Å². The minimum absolute atomic E-state index is 0.00141. The van der Waals surface area contributed by atoms with Crippen LogP contribution < -0.4 is 0 Å². The molecule has 0 aromatic heterocycles. The first-order valence-electron chi connectivity index (χ1n) is 11.5. The molecule has 0 bridgehead atoms. The topological polar surface area (TPSA) is 32.8 Å². The van der Waals surface area contributed by atoms with Crippen LogP contribution in [0, 0.1) is 5.92 Å². The number of rotatable bonds is 7. The number of carbonyl (C=O) groups excluding carboxylic acids is 1. The summed E-state index contributed by atoms with van der Waals surface area (Å²) < 4.78 is 5.51. The molecule has 4 rings (SSSR count). The number of nitrogens with zero attached hydrogens (tertiary/aromatic N) is 2. The van der Waals surface area contributed by atoms with Gasteiger partial charge in [0.25, 0.3) is 0 Å². The summed E-state index contributed by atoms with van der Waals surface area (Å²) in [6.07, 6.45) is 4.36. The zero-order valence-electron chi connectivity index (χ0n) is 18.1. The van der Waals surface area contributed by atoms with Gasteiger partial charge in [-0.2, -0.15) is 0 Å². The Morgan fingerprint density at radius 3 is 2.07 bits per heavy atom. The zero-order valence-corrected chi connectivity index (χ0v) is 18.1. The van der Waals surface area contributed by atoms with Crippen LogP contribution in [0.1, 0.15) is 43.7 Å². The Kier molecular flexibility index (Phi) is 7.19. The molecule has 2 heterocycles. The fraction of sp³-hybridized carbons (Fsp3) is 0.500. The molecule has 0 N–H and O–H groups in total. The zero-order chi connectivity index (χ0) is 20.8. The van der Waals surface area contributed by atoms with Crippen molar-refractivity contribution in [3.63, 3.8) is 0 Å². The van der Waals surface area contributed by atoms with E-state index in [1.54, 1.807) is 0 Å². The van der Waals surface area contributed by atoms with E-state index in [-0.39, 0.29) is 17.9 Å². The lowest BCUT2D eigenvalue weighted by Crippen LogP contribution is -2.61. The lowest BCUT2D eigenvalue weighted by atomic mass is 9.79. The highest BCUT2D eigenvalue weighted by Crippen LogP contribution is 2.35. The smallest absolute Gasteiger partial charge is 0.310 e. The molecular weight excluding hydrogens is 372 g/mol. The molecular formula is C26H34N2O2. The fourth-order valence-corrected chi connectivity index (χ4v) is 5.37. The van der Waals surface area contributed by atoms with Gasteiger partial charge in [-0.05, 0) is 56.8 Å². The molecule has 0 radical (unpaired) electrons. The summed E-state index contributed by atoms with van der Waals surface area (Å²) in [5.74, 6) is -0.0171. The Hall–Kier alpha value is -2.17. The van der Waals surface area contributed by atoms with Crippen molar-refractivity contribution in [3.05, 3.63) is 71.8 Å². The van der Waals surface area contributed by atoms with Crippen molar-refractivity contribution < 1.29 is 9.53 Å². The van der Waals surface area contributed by atoms with E-state index in [0.29, 0.717) is 12.6 Å². The Morgan fingerprint density at radius 2 is 1.50 bits per heavy atom. The van der Waals surface area contributed by atoms with Gasteiger partial charge in [0.05, 0.1) is 12.5 Å². The lowest BCUT2D eigenvalue weighted by Gasteiger charge is -2.51. The SMILES string of the molecule is CCOC(=O)[C@@H]1CCCN2CCC[C@H](N(Cc3ccccc3)Cc3ccccc3)[C@@H]12. The van der Waals surface area contributed by atoms with Gasteiger partial charge in [0, 0.05) is 25.2 Å². The van der Waals surface area contributed by atoms with Crippen LogP contribution in [0.25, 0.3) is 0 Å². The molecule has 2 fully saturated rings. The van der Waals surface area contributed by atoms with Gasteiger partial charge < -0.3 is 4.74 Å². The summed E-state index contributed by atoms with van der Waals surface area (Å²) in [6.45, 7) is 6.38. The third-order valence-corrected chi connectivity index (χ3v) is 6.65. The molecule has 4 heteroatoms. The maximum absolute atomic E-state index is 12.9. The first-order chi connectivity index (χ1) is 14.8. The van der Waals surface area contributed by atoms with E-state index >= 15 is 0 Å². The highest BCUT2D eigenvalue weighted by atomic mass is 16.5. The molecule has 2 aromatic rings. The number of hydrogen-bond acceptors (Lipinski definition) is 4. The Labute approximate surface area is 180 Å². The molecule has 0 amide bonds. The van der Waals surface area contributed by atoms with Gasteiger partial charge in [0.2, 0.25) is 0 Å². The monoisotopic (exact) mass is 406 g/mol. The first kappa shape index (κ1) is 21.1. The van der Waals surface area contributed by atoms with Crippen LogP contribution in [0.5, 0.6) is 0 Å². The molecule has 30 heavy (non-hydrogen) atoms. The van der Waals surface area contributed by atoms with Crippen molar-refractivity contribution in [1.29, 1.82) is 0 Å². The van der Waals surface area contributed by atoms with Crippen molar-refractivity contribution in [2.75, 3.05) is 19.7 Å². The summed E-state index contributed by atoms with van der Waals surface area (Å²) in [5, 5.41) is 0. The quantitative estimate of drug-likeness (QED) is 0.634. The van der Waals surface area contributed by atoms with Crippen molar-refractivity contribution in [3.8, 4) is 0 Å². The molecule has 2 saturated heterocycles. The average molecular weight is 407 g/mol. The minimum Gasteiger partial charge on any atom is -0.466 e. The van der Waals surface area contributed by atoms with E-state index in [0.717, 1.165) is 45.4 Å². The van der Waals surface area contributed by atoms with Gasteiger partial charge in [-0.3, -0.25) is 14.6 Å². The minimum atomic E-state index is -0.0157. The molecule has 0 saturated carbocycles. The summed E-state index contributed by atoms with van der Waals surface area (Å²) in [5.41, 5.74) is 2.66. The van der Waals surface area contributed by atoms with E-state index in [1.807, 2.05) is 6.92 Å². The largest absolute Gasteiger partial charge is 0.466 e. The predicted octanol–water partition coefficient (Wildman–Crippen LogP) is 4.49. The number of ether oxygens (including phenoxy) is 1. The second-order valence-corrected chi connectivity index (χ2v) is 8.61. The van der Waals surface area contributed by atoms with E-state index in [4.69, 9.17) is 4.74 Å². The average Bonchev–Trinajstić information content (AvgIpc) is 2.79. The van der Waals surface area contributed by atoms with Crippen molar-refractivity contribution in [1.82, 2.24) is 9.80 Å². The number of esters is 1. The molecule has 4 nitrogen and oxygen atoms in total. The molecule has 0 unspecified atom stereocenters. The van der Waals surface area contributed by atoms with E-state index < -0.39 is 0 Å². The van der Waals surface area contributed by atoms with Gasteiger partial charge in [0.1, 0.15) is 0 Å². The van der Waals surface area contributed by atoms with Crippen molar-refractivity contribution in [2.24, 2.45) is 5.92 Å². The van der Waals surface area contributed by atoms with Crippen LogP contribution in [-0.2, 0) is 22.6 Å². The Bertz CT molecular complexity index is 752. The number of fused-ring (bicyclic) bond motifs is 1. The highest BCUT2D eigenvalue weighted by molar-refractivity contribution is 5.73. The molecule has 0 spiro atoms. The summed E-state index contributed by atoms with van der Waals surface area (Å²) in [6, 6.07) is 22.1. The third kappa shape index (κ3) is 4.93. The molecule has 0 aliphatic carbocycles. The van der Waals surface area contributed by atoms with Crippen LogP contribution in [0.4, 0.5) is 0 Å². The maximum atomic E-state index is 12.9. The van der Waals surface area contributed by atoms with E-state index in [1.165, 1.54) is 17.5 Å². The van der Waals surface area contributed by atoms with Crippen molar-refractivity contribution >= 4 is 5.97 Å². The van der Waals surface area contributed by atoms with Crippen LogP contribution >= 0.6 is 0 Å². The fourth-order valence-electron chi connectivity index (χ4n) is 5.37. The highest BCUT2D eigenvalue weighted by Gasteiger charge is 2.45. The van der Waals surface area contributed by atoms with Crippen molar-refractivity contribution in [2.45, 2.75) is 57.8 Å². The van der Waals surface area contributed by atoms with Gasteiger partial charge in [0.15, 0.2) is 0 Å². The number of benzene rings is 2. The van der Waals surface area contributed by atoms with Gasteiger partial charge in [-0.1, -0.05) is 60.7 Å². The van der Waals surface area contributed by atoms with Crippen LogP contribution in [0.2, 0.25) is 0 Å². The first-order valence-corrected chi connectivity index (χ1v) is 11.5. The molecule has 2 aliphatic heterocycles. The molecule has 2 aromatic carbocycles. The second-order valence-electron chi connectivity index (χ2n) is 8.61.